The smallest absolute Gasteiger partial charge is 0.378 e. The highest BCUT2D eigenvalue weighted by Gasteiger charge is 2.38. The van der Waals surface area contributed by atoms with Crippen molar-refractivity contribution >= 4 is 11.8 Å². The monoisotopic (exact) mass is 233 g/mol. The maximum Gasteiger partial charge on any atom is 0.433 e. The lowest BCUT2D eigenvalue weighted by molar-refractivity contribution is -0.538. The molecule has 0 aromatic heterocycles. The molecule has 8 nitrogen and oxygen atoms in total. The Bertz CT molecular complexity index is 300. The SMILES string of the molecule is CNC(=O)ON=C(COC)C(C)(C)[N+](=O)[O-]. The molecule has 0 radical (unpaired) electrons. The van der Waals surface area contributed by atoms with Gasteiger partial charge in [-0.3, -0.25) is 15.0 Å². The summed E-state index contributed by atoms with van der Waals surface area (Å²) in [5.41, 5.74) is -1.44. The molecule has 0 aliphatic heterocycles. The first-order valence-corrected chi connectivity index (χ1v) is 4.45. The van der Waals surface area contributed by atoms with Gasteiger partial charge in [-0.05, 0) is 0 Å². The minimum atomic E-state index is -1.45. The Morgan fingerprint density at radius 2 is 2.12 bits per heavy atom. The Balaban J connectivity index is 4.85. The molecule has 8 heteroatoms. The highest BCUT2D eigenvalue weighted by molar-refractivity contribution is 5.92. The molecule has 0 aliphatic rings. The molecule has 0 atom stereocenters. The van der Waals surface area contributed by atoms with Crippen LogP contribution in [-0.2, 0) is 9.57 Å². The summed E-state index contributed by atoms with van der Waals surface area (Å²) in [6.45, 7) is 2.60. The normalized spacial score (nSPS) is 12.1. The number of ether oxygens (including phenoxy) is 1. The Labute approximate surface area is 92.7 Å². The summed E-state index contributed by atoms with van der Waals surface area (Å²) in [6.07, 6.45) is -0.798. The van der Waals surface area contributed by atoms with Gasteiger partial charge >= 0.3 is 6.09 Å². The molecular weight excluding hydrogens is 218 g/mol. The molecule has 92 valence electrons. The maximum atomic E-state index is 10.8. The van der Waals surface area contributed by atoms with Gasteiger partial charge in [-0.2, -0.15) is 0 Å². The summed E-state index contributed by atoms with van der Waals surface area (Å²) < 4.78 is 4.76. The van der Waals surface area contributed by atoms with E-state index < -0.39 is 16.6 Å². The Hall–Kier alpha value is -1.70. The van der Waals surface area contributed by atoms with Crippen molar-refractivity contribution in [3.63, 3.8) is 0 Å². The van der Waals surface area contributed by atoms with Crippen LogP contribution in [0.2, 0.25) is 0 Å². The quantitative estimate of drug-likeness (QED) is 0.320. The van der Waals surface area contributed by atoms with E-state index in [-0.39, 0.29) is 12.3 Å². The topological polar surface area (TPSA) is 103 Å². The van der Waals surface area contributed by atoms with Crippen LogP contribution in [0.25, 0.3) is 0 Å². The van der Waals surface area contributed by atoms with Gasteiger partial charge in [0.2, 0.25) is 0 Å². The summed E-state index contributed by atoms with van der Waals surface area (Å²) in [6, 6.07) is 0. The van der Waals surface area contributed by atoms with Gasteiger partial charge in [0, 0.05) is 32.9 Å². The van der Waals surface area contributed by atoms with Crippen molar-refractivity contribution in [1.29, 1.82) is 0 Å². The molecule has 0 bridgehead atoms. The predicted molar refractivity (Wildman–Crippen MR) is 55.9 cm³/mol. The van der Waals surface area contributed by atoms with Crippen LogP contribution in [0.5, 0.6) is 0 Å². The van der Waals surface area contributed by atoms with E-state index in [1.165, 1.54) is 28.0 Å². The number of rotatable bonds is 5. The molecule has 0 saturated carbocycles. The summed E-state index contributed by atoms with van der Waals surface area (Å²) in [4.78, 5) is 25.4. The molecule has 0 aliphatic carbocycles. The Morgan fingerprint density at radius 3 is 2.50 bits per heavy atom. The molecule has 0 aromatic carbocycles. The van der Waals surface area contributed by atoms with Crippen LogP contribution in [-0.4, -0.2) is 43.0 Å². The largest absolute Gasteiger partial charge is 0.433 e. The summed E-state index contributed by atoms with van der Waals surface area (Å²) in [7, 11) is 2.72. The fourth-order valence-corrected chi connectivity index (χ4v) is 0.699. The number of nitrogens with one attached hydrogen (secondary N) is 1. The van der Waals surface area contributed by atoms with Gasteiger partial charge in [0.1, 0.15) is 0 Å². The molecule has 1 N–H and O–H groups in total. The fourth-order valence-electron chi connectivity index (χ4n) is 0.699. The Morgan fingerprint density at radius 1 is 1.56 bits per heavy atom. The second kappa shape index (κ2) is 6.01. The van der Waals surface area contributed by atoms with E-state index in [9.17, 15) is 14.9 Å². The molecular formula is C8H15N3O5. The van der Waals surface area contributed by atoms with Gasteiger partial charge in [0.15, 0.2) is 5.71 Å². The summed E-state index contributed by atoms with van der Waals surface area (Å²) >= 11 is 0. The van der Waals surface area contributed by atoms with Crippen LogP contribution < -0.4 is 5.32 Å². The van der Waals surface area contributed by atoms with Crippen LogP contribution in [0.3, 0.4) is 0 Å². The van der Waals surface area contributed by atoms with Gasteiger partial charge in [-0.1, -0.05) is 5.16 Å². The first-order valence-electron chi connectivity index (χ1n) is 4.45. The number of carbonyl (C=O) groups is 1. The van der Waals surface area contributed by atoms with Crippen molar-refractivity contribution in [2.24, 2.45) is 5.16 Å². The standard InChI is InChI=1S/C8H15N3O5/c1-8(2,11(13)14)6(5-15-4)10-16-7(12)9-3/h5H2,1-4H3,(H,9,12). The van der Waals surface area contributed by atoms with E-state index in [1.807, 2.05) is 0 Å². The zero-order valence-corrected chi connectivity index (χ0v) is 9.64. The molecule has 0 aromatic rings. The van der Waals surface area contributed by atoms with E-state index in [2.05, 4.69) is 15.3 Å². The molecule has 0 heterocycles. The van der Waals surface area contributed by atoms with Gasteiger partial charge in [0.25, 0.3) is 5.54 Å². The van der Waals surface area contributed by atoms with Gasteiger partial charge < -0.3 is 10.1 Å². The minimum Gasteiger partial charge on any atom is -0.378 e. The molecule has 0 unspecified atom stereocenters. The lowest BCUT2D eigenvalue weighted by atomic mass is 10.0. The third kappa shape index (κ3) is 3.81. The molecule has 0 spiro atoms. The second-order valence-corrected chi connectivity index (χ2v) is 3.42. The molecule has 16 heavy (non-hydrogen) atoms. The zero-order chi connectivity index (χ0) is 12.8. The summed E-state index contributed by atoms with van der Waals surface area (Å²) in [5, 5.41) is 16.3. The predicted octanol–water partition coefficient (Wildman–Crippen LogP) is 0.400. The van der Waals surface area contributed by atoms with Crippen molar-refractivity contribution in [3.8, 4) is 0 Å². The Kier molecular flexibility index (Phi) is 5.37. The van der Waals surface area contributed by atoms with Crippen LogP contribution >= 0.6 is 0 Å². The number of amides is 1. The zero-order valence-electron chi connectivity index (χ0n) is 9.64. The third-order valence-corrected chi connectivity index (χ3v) is 1.89. The molecule has 0 rings (SSSR count). The number of hydrogen-bond acceptors (Lipinski definition) is 6. The van der Waals surface area contributed by atoms with Crippen LogP contribution in [0.15, 0.2) is 5.16 Å². The number of nitrogens with zero attached hydrogens (tertiary/aromatic N) is 2. The van der Waals surface area contributed by atoms with Crippen LogP contribution in [0.4, 0.5) is 4.79 Å². The molecule has 1 amide bonds. The summed E-state index contributed by atoms with van der Waals surface area (Å²) in [5.74, 6) is 0. The average molecular weight is 233 g/mol. The lowest BCUT2D eigenvalue weighted by Crippen LogP contribution is -2.43. The number of methoxy groups -OCH3 is 1. The van der Waals surface area contributed by atoms with Gasteiger partial charge in [0.05, 0.1) is 6.61 Å². The van der Waals surface area contributed by atoms with Crippen LogP contribution in [0, 0.1) is 10.1 Å². The average Bonchev–Trinajstić information content (AvgIpc) is 2.23. The second-order valence-electron chi connectivity index (χ2n) is 3.42. The van der Waals surface area contributed by atoms with Crippen LogP contribution in [0.1, 0.15) is 13.8 Å². The van der Waals surface area contributed by atoms with Gasteiger partial charge in [-0.15, -0.1) is 0 Å². The fraction of sp³-hybridized carbons (Fsp3) is 0.750. The maximum absolute atomic E-state index is 10.8. The van der Waals surface area contributed by atoms with E-state index in [0.29, 0.717) is 0 Å². The number of nitro groups is 1. The van der Waals surface area contributed by atoms with E-state index in [1.54, 1.807) is 0 Å². The van der Waals surface area contributed by atoms with E-state index in [4.69, 9.17) is 4.74 Å². The van der Waals surface area contributed by atoms with Crippen molar-refractivity contribution in [2.75, 3.05) is 20.8 Å². The van der Waals surface area contributed by atoms with Gasteiger partial charge in [-0.25, -0.2) is 4.79 Å². The molecule has 0 fully saturated rings. The van der Waals surface area contributed by atoms with Crippen molar-refractivity contribution in [1.82, 2.24) is 5.32 Å². The first kappa shape index (κ1) is 14.3. The van der Waals surface area contributed by atoms with Crippen molar-refractivity contribution in [3.05, 3.63) is 10.1 Å². The third-order valence-electron chi connectivity index (χ3n) is 1.89. The number of hydrogen-bond donors (Lipinski definition) is 1. The van der Waals surface area contributed by atoms with Crippen molar-refractivity contribution < 1.29 is 19.3 Å². The van der Waals surface area contributed by atoms with E-state index in [0.717, 1.165) is 0 Å². The first-order chi connectivity index (χ1) is 7.36. The van der Waals surface area contributed by atoms with E-state index >= 15 is 0 Å². The number of carbonyl (C=O) groups excluding carboxylic acids is 1. The van der Waals surface area contributed by atoms with Crippen molar-refractivity contribution in [2.45, 2.75) is 19.4 Å². The minimum absolute atomic E-state index is 0.0172. The molecule has 0 saturated heterocycles. The highest BCUT2D eigenvalue weighted by Crippen LogP contribution is 2.11. The number of oxime groups is 1. The lowest BCUT2D eigenvalue weighted by Gasteiger charge is -2.16. The highest BCUT2D eigenvalue weighted by atomic mass is 16.7.